The van der Waals surface area contributed by atoms with Crippen LogP contribution in [0.3, 0.4) is 0 Å². The van der Waals surface area contributed by atoms with Crippen LogP contribution in [0, 0.1) is 20.2 Å². The number of nitrogens with one attached hydrogen (secondary N) is 1. The van der Waals surface area contributed by atoms with Crippen LogP contribution in [0.1, 0.15) is 0 Å². The summed E-state index contributed by atoms with van der Waals surface area (Å²) >= 11 is 0.908. The summed E-state index contributed by atoms with van der Waals surface area (Å²) in [6.45, 7) is 0. The summed E-state index contributed by atoms with van der Waals surface area (Å²) in [5.74, 6) is -0.649. The zero-order chi connectivity index (χ0) is 26.9. The van der Waals surface area contributed by atoms with Gasteiger partial charge in [-0.05, 0) is 18.2 Å². The van der Waals surface area contributed by atoms with Crippen molar-refractivity contribution in [3.8, 4) is 11.4 Å². The van der Waals surface area contributed by atoms with Gasteiger partial charge in [0.15, 0.2) is 11.5 Å². The molecule has 0 radical (unpaired) electrons. The molecular formula is C22H17N7O7S. The van der Waals surface area contributed by atoms with Crippen LogP contribution < -0.4 is 16.6 Å². The minimum atomic E-state index is -0.657. The van der Waals surface area contributed by atoms with Crippen molar-refractivity contribution in [3.63, 3.8) is 0 Å². The number of amides is 1. The van der Waals surface area contributed by atoms with Crippen molar-refractivity contribution in [2.75, 3.05) is 11.1 Å². The van der Waals surface area contributed by atoms with Crippen molar-refractivity contribution >= 4 is 45.8 Å². The van der Waals surface area contributed by atoms with Gasteiger partial charge in [-0.2, -0.15) is 0 Å². The number of fused-ring (bicyclic) bond motifs is 1. The molecule has 14 nitrogen and oxygen atoms in total. The largest absolute Gasteiger partial charge is 0.332 e. The Bertz CT molecular complexity index is 1700. The fourth-order valence-corrected chi connectivity index (χ4v) is 4.24. The van der Waals surface area contributed by atoms with Gasteiger partial charge in [0.25, 0.3) is 16.9 Å². The molecule has 188 valence electrons. The minimum absolute atomic E-state index is 0.0170. The maximum absolute atomic E-state index is 12.9. The maximum Gasteiger partial charge on any atom is 0.332 e. The molecule has 4 aromatic rings. The zero-order valence-electron chi connectivity index (χ0n) is 19.3. The molecule has 0 saturated heterocycles. The van der Waals surface area contributed by atoms with Gasteiger partial charge < -0.3 is 5.32 Å². The third-order valence-electron chi connectivity index (χ3n) is 5.28. The third kappa shape index (κ3) is 5.06. The lowest BCUT2D eigenvalue weighted by Crippen LogP contribution is -2.37. The summed E-state index contributed by atoms with van der Waals surface area (Å²) in [5, 5.41) is 24.6. The van der Waals surface area contributed by atoms with Crippen LogP contribution in [0.15, 0.2) is 63.1 Å². The number of hydrogen-bond acceptors (Lipinski definition) is 10. The molecule has 0 saturated carbocycles. The van der Waals surface area contributed by atoms with E-state index < -0.39 is 27.0 Å². The molecular weight excluding hydrogens is 506 g/mol. The second-order valence-electron chi connectivity index (χ2n) is 7.71. The first-order valence-electron chi connectivity index (χ1n) is 10.5. The van der Waals surface area contributed by atoms with Crippen molar-refractivity contribution in [1.82, 2.24) is 19.1 Å². The predicted octanol–water partition coefficient (Wildman–Crippen LogP) is 2.24. The molecule has 2 heterocycles. The van der Waals surface area contributed by atoms with Gasteiger partial charge in [0.2, 0.25) is 5.91 Å². The Balaban J connectivity index is 1.73. The Kier molecular flexibility index (Phi) is 6.79. The van der Waals surface area contributed by atoms with Gasteiger partial charge in [0.1, 0.15) is 10.4 Å². The highest BCUT2D eigenvalue weighted by molar-refractivity contribution is 8.00. The van der Waals surface area contributed by atoms with Gasteiger partial charge in [-0.15, -0.1) is 0 Å². The number of thioether (sulfide) groups is 1. The Hall–Kier alpha value is -4.92. The summed E-state index contributed by atoms with van der Waals surface area (Å²) in [5.41, 5.74) is -0.971. The monoisotopic (exact) mass is 523 g/mol. The van der Waals surface area contributed by atoms with E-state index in [1.807, 2.05) is 0 Å². The highest BCUT2D eigenvalue weighted by Crippen LogP contribution is 2.27. The lowest BCUT2D eigenvalue weighted by Gasteiger charge is -2.12. The van der Waals surface area contributed by atoms with Crippen LogP contribution in [0.25, 0.3) is 22.4 Å². The number of non-ortho nitro benzene ring substituents is 2. The Morgan fingerprint density at radius 3 is 2.30 bits per heavy atom. The molecule has 0 bridgehead atoms. The first kappa shape index (κ1) is 25.2. The van der Waals surface area contributed by atoms with Crippen LogP contribution >= 0.6 is 11.8 Å². The van der Waals surface area contributed by atoms with E-state index in [1.54, 1.807) is 0 Å². The summed E-state index contributed by atoms with van der Waals surface area (Å²) in [4.78, 5) is 67.6. The molecule has 1 N–H and O–H groups in total. The van der Waals surface area contributed by atoms with E-state index in [4.69, 9.17) is 0 Å². The molecule has 4 rings (SSSR count). The van der Waals surface area contributed by atoms with Gasteiger partial charge in [-0.3, -0.25) is 39.0 Å². The van der Waals surface area contributed by atoms with Crippen LogP contribution in [0.4, 0.5) is 17.1 Å². The van der Waals surface area contributed by atoms with E-state index in [9.17, 15) is 34.6 Å². The predicted molar refractivity (Wildman–Crippen MR) is 135 cm³/mol. The van der Waals surface area contributed by atoms with Gasteiger partial charge in [0, 0.05) is 49.6 Å². The number of benzene rings is 2. The SMILES string of the molecule is Cn1c(=O)c2c(SCC(=O)Nc3cccc([N+](=O)[O-])c3)nc(-c3ccc([N+](=O)[O-])cc3)nc2n(C)c1=O. The fraction of sp³-hybridized carbons (Fsp3) is 0.136. The highest BCUT2D eigenvalue weighted by Gasteiger charge is 2.20. The smallest absolute Gasteiger partial charge is 0.325 e. The van der Waals surface area contributed by atoms with Gasteiger partial charge in [-0.1, -0.05) is 17.8 Å². The molecule has 15 heteroatoms. The van der Waals surface area contributed by atoms with Crippen molar-refractivity contribution < 1.29 is 14.6 Å². The number of aromatic nitrogens is 4. The number of carbonyl (C=O) groups excluding carboxylic acids is 1. The molecule has 0 aliphatic rings. The van der Waals surface area contributed by atoms with E-state index in [0.717, 1.165) is 16.3 Å². The number of carbonyl (C=O) groups is 1. The molecule has 0 unspecified atom stereocenters. The summed E-state index contributed by atoms with van der Waals surface area (Å²) < 4.78 is 2.06. The van der Waals surface area contributed by atoms with Gasteiger partial charge in [-0.25, -0.2) is 14.8 Å². The van der Waals surface area contributed by atoms with Crippen molar-refractivity contribution in [2.24, 2.45) is 14.1 Å². The molecule has 0 atom stereocenters. The van der Waals surface area contributed by atoms with E-state index >= 15 is 0 Å². The first-order valence-corrected chi connectivity index (χ1v) is 11.4. The molecule has 2 aromatic carbocycles. The second kappa shape index (κ2) is 9.98. The lowest BCUT2D eigenvalue weighted by molar-refractivity contribution is -0.385. The average molecular weight is 523 g/mol. The number of anilines is 1. The minimum Gasteiger partial charge on any atom is -0.325 e. The molecule has 0 fully saturated rings. The van der Waals surface area contributed by atoms with E-state index in [1.165, 1.54) is 67.2 Å². The fourth-order valence-electron chi connectivity index (χ4n) is 3.42. The number of hydrogen-bond donors (Lipinski definition) is 1. The van der Waals surface area contributed by atoms with Crippen LogP contribution in [0.5, 0.6) is 0 Å². The quantitative estimate of drug-likeness (QED) is 0.163. The Labute approximate surface area is 210 Å². The number of nitrogens with zero attached hydrogens (tertiary/aromatic N) is 6. The van der Waals surface area contributed by atoms with Crippen LogP contribution in [-0.4, -0.2) is 40.6 Å². The molecule has 0 aliphatic heterocycles. The van der Waals surface area contributed by atoms with Gasteiger partial charge in [0.05, 0.1) is 15.6 Å². The number of nitro groups is 2. The van der Waals surface area contributed by atoms with E-state index in [2.05, 4.69) is 15.3 Å². The zero-order valence-corrected chi connectivity index (χ0v) is 20.1. The number of aryl methyl sites for hydroxylation is 1. The molecule has 0 aliphatic carbocycles. The molecule has 2 aromatic heterocycles. The van der Waals surface area contributed by atoms with Gasteiger partial charge >= 0.3 is 5.69 Å². The van der Waals surface area contributed by atoms with Crippen LogP contribution in [-0.2, 0) is 18.9 Å². The standard InChI is InChI=1S/C22H17N7O7S/c1-26-19-17(21(31)27(2)22(26)32)20(25-18(24-19)12-6-8-14(9-7-12)28(33)34)37-11-16(30)23-13-4-3-5-15(10-13)29(35)36/h3-10H,11H2,1-2H3,(H,23,30). The summed E-state index contributed by atoms with van der Waals surface area (Å²) in [6.07, 6.45) is 0. The first-order chi connectivity index (χ1) is 17.6. The second-order valence-corrected chi connectivity index (χ2v) is 8.67. The van der Waals surface area contributed by atoms with E-state index in [-0.39, 0.29) is 44.7 Å². The van der Waals surface area contributed by atoms with Crippen LogP contribution in [0.2, 0.25) is 0 Å². The normalized spacial score (nSPS) is 10.9. The summed E-state index contributed by atoms with van der Waals surface area (Å²) in [7, 11) is 2.73. The third-order valence-corrected chi connectivity index (χ3v) is 6.26. The molecule has 37 heavy (non-hydrogen) atoms. The molecule has 1 amide bonds. The Morgan fingerprint density at radius 2 is 1.65 bits per heavy atom. The number of nitro benzene ring substituents is 2. The highest BCUT2D eigenvalue weighted by atomic mass is 32.2. The topological polar surface area (TPSA) is 185 Å². The lowest BCUT2D eigenvalue weighted by atomic mass is 10.2. The summed E-state index contributed by atoms with van der Waals surface area (Å²) in [6, 6.07) is 10.8. The maximum atomic E-state index is 12.9. The molecule has 0 spiro atoms. The van der Waals surface area contributed by atoms with Crippen molar-refractivity contribution in [3.05, 3.63) is 89.6 Å². The number of rotatable bonds is 7. The van der Waals surface area contributed by atoms with Crippen molar-refractivity contribution in [1.29, 1.82) is 0 Å². The van der Waals surface area contributed by atoms with E-state index in [0.29, 0.717) is 5.56 Å². The average Bonchev–Trinajstić information content (AvgIpc) is 2.89. The van der Waals surface area contributed by atoms with Crippen molar-refractivity contribution in [2.45, 2.75) is 5.03 Å². The Morgan fingerprint density at radius 1 is 0.973 bits per heavy atom.